The molecule has 34 heavy (non-hydrogen) atoms. The van der Waals surface area contributed by atoms with Gasteiger partial charge in [-0.25, -0.2) is 9.78 Å². The lowest BCUT2D eigenvalue weighted by Crippen LogP contribution is -2.23. The highest BCUT2D eigenvalue weighted by Gasteiger charge is 2.22. The van der Waals surface area contributed by atoms with Gasteiger partial charge in [-0.3, -0.25) is 14.9 Å². The van der Waals surface area contributed by atoms with E-state index in [4.69, 9.17) is 4.74 Å². The van der Waals surface area contributed by atoms with Crippen LogP contribution in [0.25, 0.3) is 10.9 Å². The molecule has 0 spiro atoms. The van der Waals surface area contributed by atoms with Crippen molar-refractivity contribution in [1.29, 1.82) is 0 Å². The Balaban J connectivity index is 2.20. The fourth-order valence-corrected chi connectivity index (χ4v) is 3.90. The molecule has 10 nitrogen and oxygen atoms in total. The number of nitrogens with zero attached hydrogens (tertiary/aromatic N) is 4. The van der Waals surface area contributed by atoms with Crippen LogP contribution < -0.4 is 10.3 Å². The Hall–Kier alpha value is -3.12. The van der Waals surface area contributed by atoms with E-state index < -0.39 is 17.5 Å². The van der Waals surface area contributed by atoms with Gasteiger partial charge < -0.3 is 9.47 Å². The fourth-order valence-electron chi connectivity index (χ4n) is 3.08. The highest BCUT2D eigenvalue weighted by molar-refractivity contribution is 9.10. The summed E-state index contributed by atoms with van der Waals surface area (Å²) in [5.41, 5.74) is -0.0503. The predicted molar refractivity (Wildman–Crippen MR) is 134 cm³/mol. The van der Waals surface area contributed by atoms with E-state index in [-0.39, 0.29) is 28.5 Å². The average molecular weight is 596 g/mol. The molecule has 0 saturated heterocycles. The van der Waals surface area contributed by atoms with Crippen LogP contribution in [0.3, 0.4) is 0 Å². The number of fused-ring (bicyclic) bond motifs is 1. The van der Waals surface area contributed by atoms with Crippen LogP contribution in [0.4, 0.5) is 5.69 Å². The third kappa shape index (κ3) is 5.50. The first-order valence-electron chi connectivity index (χ1n) is 10.1. The molecule has 0 amide bonds. The summed E-state index contributed by atoms with van der Waals surface area (Å²) in [6, 6.07) is 7.98. The van der Waals surface area contributed by atoms with E-state index in [1.807, 2.05) is 13.8 Å². The number of carbonyl (C=O) groups is 1. The first kappa shape index (κ1) is 25.5. The third-order valence-corrected chi connectivity index (χ3v) is 5.97. The molecule has 3 rings (SSSR count). The summed E-state index contributed by atoms with van der Waals surface area (Å²) in [7, 11) is 1.18. The second kappa shape index (κ2) is 10.9. The van der Waals surface area contributed by atoms with Gasteiger partial charge >= 0.3 is 11.7 Å². The quantitative estimate of drug-likeness (QED) is 0.159. The number of methoxy groups -OCH3 is 1. The van der Waals surface area contributed by atoms with Crippen molar-refractivity contribution in [2.24, 2.45) is 5.10 Å². The molecule has 0 N–H and O–H groups in total. The second-order valence-electron chi connectivity index (χ2n) is 7.27. The number of esters is 1. The number of benzene rings is 2. The Morgan fingerprint density at radius 3 is 2.68 bits per heavy atom. The molecule has 0 aliphatic carbocycles. The summed E-state index contributed by atoms with van der Waals surface area (Å²) in [5.74, 6) is -0.540. The van der Waals surface area contributed by atoms with Gasteiger partial charge in [0, 0.05) is 26.5 Å². The second-order valence-corrected chi connectivity index (χ2v) is 9.10. The van der Waals surface area contributed by atoms with E-state index in [0.717, 1.165) is 0 Å². The van der Waals surface area contributed by atoms with E-state index in [9.17, 15) is 19.7 Å². The number of aromatic nitrogens is 2. The molecule has 0 fully saturated rings. The van der Waals surface area contributed by atoms with Crippen molar-refractivity contribution < 1.29 is 19.2 Å². The zero-order valence-corrected chi connectivity index (χ0v) is 21.6. The number of nitro groups is 1. The maximum Gasteiger partial charge on any atom is 0.343 e. The topological polar surface area (TPSA) is 126 Å². The van der Waals surface area contributed by atoms with Crippen molar-refractivity contribution >= 4 is 60.6 Å². The largest absolute Gasteiger partial charge is 0.474 e. The summed E-state index contributed by atoms with van der Waals surface area (Å²) in [5, 5.41) is 16.3. The van der Waals surface area contributed by atoms with Crippen LogP contribution in [-0.4, -0.2) is 40.5 Å². The first-order valence-corrected chi connectivity index (χ1v) is 11.7. The van der Waals surface area contributed by atoms with Gasteiger partial charge in [-0.1, -0.05) is 45.7 Å². The predicted octanol–water partition coefficient (Wildman–Crippen LogP) is 4.78. The summed E-state index contributed by atoms with van der Waals surface area (Å²) in [6.45, 7) is 3.35. The summed E-state index contributed by atoms with van der Waals surface area (Å²) in [4.78, 5) is 40.5. The standard InChI is InChI=1S/C22H20Br2N4O6/c1-4-12(2)21-26-17-6-5-14(23)8-16(17)22(30)27(21)25-10-13-7-15(24)9-18(28(31)32)20(13)34-11-19(29)33-3/h5-10,12H,4,11H2,1-3H3/t12-/m0/s1. The van der Waals surface area contributed by atoms with Crippen LogP contribution >= 0.6 is 31.9 Å². The van der Waals surface area contributed by atoms with Crippen molar-refractivity contribution in [2.75, 3.05) is 13.7 Å². The zero-order valence-electron chi connectivity index (χ0n) is 18.4. The number of carbonyl (C=O) groups excluding carboxylic acids is 1. The molecule has 178 valence electrons. The SMILES string of the molecule is CC[C@H](C)c1nc2ccc(Br)cc2c(=O)n1N=Cc1cc(Br)cc([N+](=O)[O-])c1OCC(=O)OC. The Morgan fingerprint density at radius 2 is 2.03 bits per heavy atom. The van der Waals surface area contributed by atoms with E-state index in [1.54, 1.807) is 18.2 Å². The van der Waals surface area contributed by atoms with E-state index in [2.05, 4.69) is 46.7 Å². The maximum absolute atomic E-state index is 13.3. The number of ether oxygens (including phenoxy) is 2. The number of nitro benzene ring substituents is 1. The van der Waals surface area contributed by atoms with Crippen LogP contribution in [0.5, 0.6) is 5.75 Å². The highest BCUT2D eigenvalue weighted by atomic mass is 79.9. The minimum absolute atomic E-state index is 0.0928. The number of hydrogen-bond acceptors (Lipinski definition) is 8. The van der Waals surface area contributed by atoms with Gasteiger partial charge in [-0.15, -0.1) is 0 Å². The van der Waals surface area contributed by atoms with Gasteiger partial charge in [-0.05, 0) is 30.7 Å². The summed E-state index contributed by atoms with van der Waals surface area (Å²) >= 11 is 6.60. The van der Waals surface area contributed by atoms with Crippen molar-refractivity contribution in [3.63, 3.8) is 0 Å². The Labute approximate surface area is 211 Å². The normalized spacial score (nSPS) is 12.1. The van der Waals surface area contributed by atoms with Gasteiger partial charge in [-0.2, -0.15) is 9.78 Å². The summed E-state index contributed by atoms with van der Waals surface area (Å²) < 4.78 is 12.2. The highest BCUT2D eigenvalue weighted by Crippen LogP contribution is 2.34. The van der Waals surface area contributed by atoms with E-state index in [1.165, 1.54) is 30.1 Å². The monoisotopic (exact) mass is 594 g/mol. The lowest BCUT2D eigenvalue weighted by Gasteiger charge is -2.14. The van der Waals surface area contributed by atoms with Gasteiger partial charge in [0.2, 0.25) is 5.75 Å². The van der Waals surface area contributed by atoms with Gasteiger partial charge in [0.25, 0.3) is 5.56 Å². The molecule has 1 aromatic heterocycles. The maximum atomic E-state index is 13.3. The molecular weight excluding hydrogens is 576 g/mol. The Bertz CT molecular complexity index is 1360. The number of halogens is 2. The van der Waals surface area contributed by atoms with Gasteiger partial charge in [0.1, 0.15) is 5.82 Å². The number of rotatable bonds is 8. The third-order valence-electron chi connectivity index (χ3n) is 5.02. The molecule has 0 aliphatic heterocycles. The van der Waals surface area contributed by atoms with Gasteiger partial charge in [0.05, 0.1) is 29.2 Å². The molecular formula is C22H20Br2N4O6. The minimum atomic E-state index is -0.709. The lowest BCUT2D eigenvalue weighted by atomic mass is 10.1. The summed E-state index contributed by atoms with van der Waals surface area (Å²) in [6.07, 6.45) is 1.98. The molecule has 3 aromatic rings. The van der Waals surface area contributed by atoms with E-state index >= 15 is 0 Å². The molecule has 0 bridgehead atoms. The molecule has 1 atom stereocenters. The van der Waals surface area contributed by atoms with Gasteiger partial charge in [0.15, 0.2) is 6.61 Å². The van der Waals surface area contributed by atoms with Crippen molar-refractivity contribution in [3.05, 3.63) is 71.1 Å². The van der Waals surface area contributed by atoms with Crippen LogP contribution in [0, 0.1) is 10.1 Å². The fraction of sp³-hybridized carbons (Fsp3) is 0.273. The smallest absolute Gasteiger partial charge is 0.343 e. The molecule has 1 heterocycles. The molecule has 0 unspecified atom stereocenters. The lowest BCUT2D eigenvalue weighted by molar-refractivity contribution is -0.385. The van der Waals surface area contributed by atoms with Crippen molar-refractivity contribution in [3.8, 4) is 5.75 Å². The van der Waals surface area contributed by atoms with Crippen LogP contribution in [-0.2, 0) is 9.53 Å². The first-order chi connectivity index (χ1) is 16.2. The molecule has 0 aliphatic rings. The van der Waals surface area contributed by atoms with Crippen molar-refractivity contribution in [2.45, 2.75) is 26.2 Å². The van der Waals surface area contributed by atoms with Crippen LogP contribution in [0.1, 0.15) is 37.6 Å². The van der Waals surface area contributed by atoms with E-state index in [0.29, 0.717) is 32.1 Å². The van der Waals surface area contributed by atoms with Crippen LogP contribution in [0.2, 0.25) is 0 Å². The zero-order chi connectivity index (χ0) is 25.0. The van der Waals surface area contributed by atoms with Crippen molar-refractivity contribution in [1.82, 2.24) is 9.66 Å². The molecule has 12 heteroatoms. The Kier molecular flexibility index (Phi) is 8.15. The van der Waals surface area contributed by atoms with Crippen LogP contribution in [0.15, 0.2) is 49.2 Å². The molecule has 0 radical (unpaired) electrons. The molecule has 2 aromatic carbocycles. The average Bonchev–Trinajstić information content (AvgIpc) is 2.81. The minimum Gasteiger partial charge on any atom is -0.474 e. The molecule has 0 saturated carbocycles. The Morgan fingerprint density at radius 1 is 1.29 bits per heavy atom. The number of hydrogen-bond donors (Lipinski definition) is 0.